The van der Waals surface area contributed by atoms with Crippen molar-refractivity contribution in [1.82, 2.24) is 4.90 Å². The third kappa shape index (κ3) is 2.27. The molecule has 0 spiro atoms. The summed E-state index contributed by atoms with van der Waals surface area (Å²) in [6.45, 7) is 2.16. The molecule has 1 aliphatic heterocycles. The van der Waals surface area contributed by atoms with Gasteiger partial charge in [-0.25, -0.2) is 0 Å². The molecule has 2 fully saturated rings. The van der Waals surface area contributed by atoms with Crippen molar-refractivity contribution in [2.24, 2.45) is 5.92 Å². The van der Waals surface area contributed by atoms with E-state index in [0.717, 1.165) is 31.8 Å². The number of rotatable bonds is 4. The minimum absolute atomic E-state index is 0.0432. The van der Waals surface area contributed by atoms with E-state index < -0.39 is 0 Å². The highest BCUT2D eigenvalue weighted by atomic mass is 16.5. The molecule has 0 aromatic rings. The van der Waals surface area contributed by atoms with E-state index in [0.29, 0.717) is 0 Å². The van der Waals surface area contributed by atoms with Crippen molar-refractivity contribution in [2.75, 3.05) is 20.2 Å². The van der Waals surface area contributed by atoms with Gasteiger partial charge < -0.3 is 4.74 Å². The monoisotopic (exact) mass is 197 g/mol. The van der Waals surface area contributed by atoms with Gasteiger partial charge in [0.2, 0.25) is 0 Å². The average Bonchev–Trinajstić information content (AvgIpc) is 2.92. The zero-order valence-electron chi connectivity index (χ0n) is 8.87. The van der Waals surface area contributed by atoms with Crippen LogP contribution >= 0.6 is 0 Å². The van der Waals surface area contributed by atoms with Crippen LogP contribution in [0.15, 0.2) is 0 Å². The number of esters is 1. The Labute approximate surface area is 85.4 Å². The van der Waals surface area contributed by atoms with Gasteiger partial charge in [-0.1, -0.05) is 12.8 Å². The predicted molar refractivity (Wildman–Crippen MR) is 54.0 cm³/mol. The summed E-state index contributed by atoms with van der Waals surface area (Å²) in [7, 11) is 1.49. The minimum atomic E-state index is -0.0432. The molecule has 1 unspecified atom stereocenters. The number of likely N-dealkylation sites (tertiary alicyclic amines) is 1. The number of hydrogen-bond donors (Lipinski definition) is 0. The molecule has 0 N–H and O–H groups in total. The first-order valence-corrected chi connectivity index (χ1v) is 5.63. The Morgan fingerprint density at radius 1 is 1.43 bits per heavy atom. The SMILES string of the molecule is COC(=O)C1CCCN1CCC1CC1. The van der Waals surface area contributed by atoms with Crippen molar-refractivity contribution in [3.63, 3.8) is 0 Å². The summed E-state index contributed by atoms with van der Waals surface area (Å²) in [4.78, 5) is 13.7. The van der Waals surface area contributed by atoms with Crippen molar-refractivity contribution in [3.05, 3.63) is 0 Å². The molecule has 1 saturated heterocycles. The summed E-state index contributed by atoms with van der Waals surface area (Å²) < 4.78 is 4.81. The molecular formula is C11H19NO2. The normalized spacial score (nSPS) is 27.9. The van der Waals surface area contributed by atoms with Crippen LogP contribution in [0.3, 0.4) is 0 Å². The average molecular weight is 197 g/mol. The lowest BCUT2D eigenvalue weighted by atomic mass is 10.2. The van der Waals surface area contributed by atoms with E-state index in [1.165, 1.54) is 26.4 Å². The maximum atomic E-state index is 11.4. The highest BCUT2D eigenvalue weighted by Gasteiger charge is 2.32. The second-order valence-electron chi connectivity index (χ2n) is 4.45. The quantitative estimate of drug-likeness (QED) is 0.638. The van der Waals surface area contributed by atoms with Gasteiger partial charge in [0.25, 0.3) is 0 Å². The van der Waals surface area contributed by atoms with E-state index in [1.807, 2.05) is 0 Å². The molecule has 2 rings (SSSR count). The van der Waals surface area contributed by atoms with Crippen LogP contribution in [0.2, 0.25) is 0 Å². The van der Waals surface area contributed by atoms with Crippen LogP contribution in [0.1, 0.15) is 32.1 Å². The van der Waals surface area contributed by atoms with Gasteiger partial charge in [-0.2, -0.15) is 0 Å². The van der Waals surface area contributed by atoms with Crippen LogP contribution in [0, 0.1) is 5.92 Å². The van der Waals surface area contributed by atoms with Crippen LogP contribution in [0.4, 0.5) is 0 Å². The lowest BCUT2D eigenvalue weighted by Gasteiger charge is -2.21. The second kappa shape index (κ2) is 4.30. The highest BCUT2D eigenvalue weighted by Crippen LogP contribution is 2.33. The van der Waals surface area contributed by atoms with E-state index in [2.05, 4.69) is 4.90 Å². The zero-order valence-corrected chi connectivity index (χ0v) is 8.87. The maximum Gasteiger partial charge on any atom is 0.323 e. The number of hydrogen-bond acceptors (Lipinski definition) is 3. The number of carbonyl (C=O) groups is 1. The third-order valence-corrected chi connectivity index (χ3v) is 3.36. The summed E-state index contributed by atoms with van der Waals surface area (Å²) >= 11 is 0. The largest absolute Gasteiger partial charge is 0.468 e. The van der Waals surface area contributed by atoms with Crippen LogP contribution < -0.4 is 0 Å². The van der Waals surface area contributed by atoms with Gasteiger partial charge in [-0.05, 0) is 38.3 Å². The minimum Gasteiger partial charge on any atom is -0.468 e. The highest BCUT2D eigenvalue weighted by molar-refractivity contribution is 5.75. The molecule has 1 atom stereocenters. The van der Waals surface area contributed by atoms with E-state index in [1.54, 1.807) is 0 Å². The molecule has 0 aromatic heterocycles. The van der Waals surface area contributed by atoms with Gasteiger partial charge in [-0.3, -0.25) is 9.69 Å². The first kappa shape index (κ1) is 9.97. The molecule has 1 saturated carbocycles. The molecule has 0 aromatic carbocycles. The van der Waals surface area contributed by atoms with E-state index in [-0.39, 0.29) is 12.0 Å². The van der Waals surface area contributed by atoms with Crippen LogP contribution in [0.25, 0.3) is 0 Å². The molecule has 2 aliphatic rings. The van der Waals surface area contributed by atoms with Crippen LogP contribution in [0.5, 0.6) is 0 Å². The maximum absolute atomic E-state index is 11.4. The zero-order chi connectivity index (χ0) is 9.97. The summed E-state index contributed by atoms with van der Waals surface area (Å²) in [6, 6.07) is 0.0544. The number of nitrogens with zero attached hydrogens (tertiary/aromatic N) is 1. The Hall–Kier alpha value is -0.570. The summed E-state index contributed by atoms with van der Waals surface area (Å²) in [5, 5.41) is 0. The van der Waals surface area contributed by atoms with Crippen molar-refractivity contribution in [1.29, 1.82) is 0 Å². The van der Waals surface area contributed by atoms with Crippen molar-refractivity contribution in [2.45, 2.75) is 38.1 Å². The first-order chi connectivity index (χ1) is 6.81. The second-order valence-corrected chi connectivity index (χ2v) is 4.45. The van der Waals surface area contributed by atoms with Gasteiger partial charge in [0.05, 0.1) is 7.11 Å². The fourth-order valence-corrected chi connectivity index (χ4v) is 2.25. The molecule has 14 heavy (non-hydrogen) atoms. The molecule has 1 aliphatic carbocycles. The topological polar surface area (TPSA) is 29.5 Å². The molecular weight excluding hydrogens is 178 g/mol. The number of ether oxygens (including phenoxy) is 1. The lowest BCUT2D eigenvalue weighted by molar-refractivity contribution is -0.145. The fraction of sp³-hybridized carbons (Fsp3) is 0.909. The molecule has 0 amide bonds. The summed E-state index contributed by atoms with van der Waals surface area (Å²) in [5.41, 5.74) is 0. The lowest BCUT2D eigenvalue weighted by Crippen LogP contribution is -2.37. The van der Waals surface area contributed by atoms with Gasteiger partial charge in [0.15, 0.2) is 0 Å². The molecule has 80 valence electrons. The first-order valence-electron chi connectivity index (χ1n) is 5.63. The molecule has 0 radical (unpaired) electrons. The fourth-order valence-electron chi connectivity index (χ4n) is 2.25. The van der Waals surface area contributed by atoms with Gasteiger partial charge in [0, 0.05) is 0 Å². The number of carbonyl (C=O) groups excluding carboxylic acids is 1. The van der Waals surface area contributed by atoms with Gasteiger partial charge >= 0.3 is 5.97 Å². The predicted octanol–water partition coefficient (Wildman–Crippen LogP) is 1.42. The molecule has 3 heteroatoms. The van der Waals surface area contributed by atoms with Crippen molar-refractivity contribution in [3.8, 4) is 0 Å². The van der Waals surface area contributed by atoms with E-state index in [9.17, 15) is 4.79 Å². The Kier molecular flexibility index (Phi) is 3.06. The van der Waals surface area contributed by atoms with Gasteiger partial charge in [-0.15, -0.1) is 0 Å². The Bertz CT molecular complexity index is 213. The van der Waals surface area contributed by atoms with Gasteiger partial charge in [0.1, 0.15) is 6.04 Å². The Morgan fingerprint density at radius 3 is 2.86 bits per heavy atom. The summed E-state index contributed by atoms with van der Waals surface area (Å²) in [5.74, 6) is 0.909. The Balaban J connectivity index is 1.79. The van der Waals surface area contributed by atoms with E-state index in [4.69, 9.17) is 4.74 Å². The number of methoxy groups -OCH3 is 1. The van der Waals surface area contributed by atoms with E-state index >= 15 is 0 Å². The smallest absolute Gasteiger partial charge is 0.323 e. The van der Waals surface area contributed by atoms with Crippen molar-refractivity contribution < 1.29 is 9.53 Å². The van der Waals surface area contributed by atoms with Crippen LogP contribution in [-0.2, 0) is 9.53 Å². The van der Waals surface area contributed by atoms with Crippen LogP contribution in [-0.4, -0.2) is 37.1 Å². The molecule has 0 bridgehead atoms. The standard InChI is InChI=1S/C11H19NO2/c1-14-11(13)10-3-2-7-12(10)8-6-9-4-5-9/h9-10H,2-8H2,1H3. The summed E-state index contributed by atoms with van der Waals surface area (Å²) in [6.07, 6.45) is 6.20. The third-order valence-electron chi connectivity index (χ3n) is 3.36. The molecule has 3 nitrogen and oxygen atoms in total. The molecule has 1 heterocycles. The van der Waals surface area contributed by atoms with Crippen molar-refractivity contribution >= 4 is 5.97 Å². The Morgan fingerprint density at radius 2 is 2.21 bits per heavy atom.